The number of nitrogens with one attached hydrogen (secondary N) is 1. The predicted octanol–water partition coefficient (Wildman–Crippen LogP) is 0.781. The smallest absolute Gasteiger partial charge is 0.248 e. The van der Waals surface area contributed by atoms with Gasteiger partial charge in [-0.15, -0.1) is 0 Å². The number of carbonyl (C=O) groups is 2. The third-order valence-electron chi connectivity index (χ3n) is 3.97. The SMILES string of the molecule is CN1CCCCC1CNc1cc(C(N)=O)cc(C(N)=O)c1. The summed E-state index contributed by atoms with van der Waals surface area (Å²) in [5.74, 6) is -1.15. The summed E-state index contributed by atoms with van der Waals surface area (Å²) in [6.45, 7) is 1.86. The number of nitrogens with two attached hydrogens (primary N) is 2. The van der Waals surface area contributed by atoms with E-state index in [0.717, 1.165) is 19.5 Å². The van der Waals surface area contributed by atoms with Gasteiger partial charge >= 0.3 is 0 Å². The number of hydrogen-bond donors (Lipinski definition) is 3. The maximum absolute atomic E-state index is 11.3. The van der Waals surface area contributed by atoms with Crippen molar-refractivity contribution < 1.29 is 9.59 Å². The summed E-state index contributed by atoms with van der Waals surface area (Å²) < 4.78 is 0. The second-order valence-electron chi connectivity index (χ2n) is 5.54. The van der Waals surface area contributed by atoms with Crippen LogP contribution in [0.1, 0.15) is 40.0 Å². The number of anilines is 1. The normalized spacial score (nSPS) is 19.2. The number of benzene rings is 1. The first kappa shape index (κ1) is 15.3. The van der Waals surface area contributed by atoms with E-state index >= 15 is 0 Å². The Morgan fingerprint density at radius 3 is 2.33 bits per heavy atom. The topological polar surface area (TPSA) is 101 Å². The molecule has 1 saturated heterocycles. The van der Waals surface area contributed by atoms with Gasteiger partial charge in [0.25, 0.3) is 0 Å². The molecule has 1 aromatic carbocycles. The fourth-order valence-corrected chi connectivity index (χ4v) is 2.65. The van der Waals surface area contributed by atoms with E-state index in [1.165, 1.54) is 18.9 Å². The van der Waals surface area contributed by atoms with Gasteiger partial charge in [-0.05, 0) is 44.6 Å². The molecule has 0 radical (unpaired) electrons. The first-order valence-corrected chi connectivity index (χ1v) is 7.16. The quantitative estimate of drug-likeness (QED) is 0.746. The number of nitrogens with zero attached hydrogens (tertiary/aromatic N) is 1. The van der Waals surface area contributed by atoms with Crippen molar-refractivity contribution in [3.8, 4) is 0 Å². The van der Waals surface area contributed by atoms with Gasteiger partial charge in [0.15, 0.2) is 0 Å². The molecular weight excluding hydrogens is 268 g/mol. The van der Waals surface area contributed by atoms with Gasteiger partial charge in [-0.25, -0.2) is 0 Å². The molecule has 6 nitrogen and oxygen atoms in total. The van der Waals surface area contributed by atoms with E-state index < -0.39 is 11.8 Å². The molecule has 6 heteroatoms. The Balaban J connectivity index is 2.11. The molecule has 1 fully saturated rings. The van der Waals surface area contributed by atoms with E-state index in [4.69, 9.17) is 11.5 Å². The Hall–Kier alpha value is -2.08. The summed E-state index contributed by atoms with van der Waals surface area (Å²) in [4.78, 5) is 25.0. The summed E-state index contributed by atoms with van der Waals surface area (Å²) in [6, 6.07) is 5.17. The molecule has 0 aromatic heterocycles. The Labute approximate surface area is 124 Å². The van der Waals surface area contributed by atoms with Crippen LogP contribution in [0.3, 0.4) is 0 Å². The van der Waals surface area contributed by atoms with Crippen molar-refractivity contribution in [2.45, 2.75) is 25.3 Å². The lowest BCUT2D eigenvalue weighted by Gasteiger charge is -2.32. The van der Waals surface area contributed by atoms with Crippen LogP contribution in [0.4, 0.5) is 5.69 Å². The maximum atomic E-state index is 11.3. The zero-order valence-electron chi connectivity index (χ0n) is 12.3. The molecule has 0 aliphatic carbocycles. The number of likely N-dealkylation sites (N-methyl/N-ethyl adjacent to an activating group) is 1. The van der Waals surface area contributed by atoms with E-state index in [1.54, 1.807) is 12.1 Å². The molecule has 2 amide bonds. The van der Waals surface area contributed by atoms with Crippen LogP contribution in [0.2, 0.25) is 0 Å². The average molecular weight is 290 g/mol. The molecule has 1 aliphatic heterocycles. The average Bonchev–Trinajstić information content (AvgIpc) is 2.46. The lowest BCUT2D eigenvalue weighted by Crippen LogP contribution is -2.40. The van der Waals surface area contributed by atoms with Crippen LogP contribution in [-0.4, -0.2) is 42.9 Å². The van der Waals surface area contributed by atoms with Crippen LogP contribution in [0.25, 0.3) is 0 Å². The first-order valence-electron chi connectivity index (χ1n) is 7.16. The second-order valence-corrected chi connectivity index (χ2v) is 5.54. The summed E-state index contributed by atoms with van der Waals surface area (Å²) >= 11 is 0. The summed E-state index contributed by atoms with van der Waals surface area (Å²) in [5, 5.41) is 3.28. The summed E-state index contributed by atoms with van der Waals surface area (Å²) in [7, 11) is 2.11. The van der Waals surface area contributed by atoms with Crippen molar-refractivity contribution in [2.24, 2.45) is 11.5 Å². The Kier molecular flexibility index (Phi) is 4.80. The van der Waals surface area contributed by atoms with Crippen molar-refractivity contribution in [2.75, 3.05) is 25.5 Å². The van der Waals surface area contributed by atoms with Gasteiger partial charge in [0.1, 0.15) is 0 Å². The first-order chi connectivity index (χ1) is 9.97. The highest BCUT2D eigenvalue weighted by Crippen LogP contribution is 2.18. The zero-order valence-corrected chi connectivity index (χ0v) is 12.3. The fourth-order valence-electron chi connectivity index (χ4n) is 2.65. The highest BCUT2D eigenvalue weighted by atomic mass is 16.1. The summed E-state index contributed by atoms with van der Waals surface area (Å²) in [6.07, 6.45) is 3.60. The third-order valence-corrected chi connectivity index (χ3v) is 3.97. The number of piperidine rings is 1. The molecule has 1 aliphatic rings. The minimum atomic E-state index is -0.573. The molecule has 0 spiro atoms. The predicted molar refractivity (Wildman–Crippen MR) is 82.2 cm³/mol. The van der Waals surface area contributed by atoms with Crippen LogP contribution in [0.5, 0.6) is 0 Å². The number of rotatable bonds is 5. The lowest BCUT2D eigenvalue weighted by molar-refractivity contribution is 0.0999. The van der Waals surface area contributed by atoms with Crippen LogP contribution in [0.15, 0.2) is 18.2 Å². The standard InChI is InChI=1S/C15H22N4O2/c1-19-5-3-2-4-13(19)9-18-12-7-10(14(16)20)6-11(8-12)15(17)21/h6-8,13,18H,2-5,9H2,1H3,(H2,16,20)(H2,17,21). The van der Waals surface area contributed by atoms with E-state index in [-0.39, 0.29) is 11.1 Å². The molecule has 0 bridgehead atoms. The number of amides is 2. The highest BCUT2D eigenvalue weighted by Gasteiger charge is 2.18. The number of primary amides is 2. The van der Waals surface area contributed by atoms with Crippen molar-refractivity contribution in [1.29, 1.82) is 0 Å². The van der Waals surface area contributed by atoms with Gasteiger partial charge in [-0.3, -0.25) is 9.59 Å². The second kappa shape index (κ2) is 6.58. The lowest BCUT2D eigenvalue weighted by atomic mass is 10.0. The van der Waals surface area contributed by atoms with Gasteiger partial charge in [0.2, 0.25) is 11.8 Å². The van der Waals surface area contributed by atoms with Gasteiger partial charge in [0.05, 0.1) is 0 Å². The van der Waals surface area contributed by atoms with E-state index in [9.17, 15) is 9.59 Å². The highest BCUT2D eigenvalue weighted by molar-refractivity contribution is 5.99. The van der Waals surface area contributed by atoms with Crippen molar-refractivity contribution in [1.82, 2.24) is 4.90 Å². The molecule has 0 saturated carbocycles. The molecule has 5 N–H and O–H groups in total. The van der Waals surface area contributed by atoms with Gasteiger partial charge in [-0.2, -0.15) is 0 Å². The van der Waals surface area contributed by atoms with E-state index in [1.807, 2.05) is 0 Å². The molecule has 1 unspecified atom stereocenters. The number of hydrogen-bond acceptors (Lipinski definition) is 4. The van der Waals surface area contributed by atoms with Gasteiger partial charge < -0.3 is 21.7 Å². The molecule has 21 heavy (non-hydrogen) atoms. The minimum Gasteiger partial charge on any atom is -0.383 e. The monoisotopic (exact) mass is 290 g/mol. The van der Waals surface area contributed by atoms with E-state index in [0.29, 0.717) is 11.7 Å². The maximum Gasteiger partial charge on any atom is 0.248 e. The Morgan fingerprint density at radius 1 is 1.19 bits per heavy atom. The molecule has 1 atom stereocenters. The molecule has 1 heterocycles. The molecule has 1 aromatic rings. The molecule has 2 rings (SSSR count). The fraction of sp³-hybridized carbons (Fsp3) is 0.467. The Morgan fingerprint density at radius 2 is 1.81 bits per heavy atom. The van der Waals surface area contributed by atoms with Crippen LogP contribution in [-0.2, 0) is 0 Å². The number of carbonyl (C=O) groups excluding carboxylic acids is 2. The largest absolute Gasteiger partial charge is 0.383 e. The van der Waals surface area contributed by atoms with Crippen LogP contribution in [0, 0.1) is 0 Å². The zero-order chi connectivity index (χ0) is 15.4. The van der Waals surface area contributed by atoms with Crippen molar-refractivity contribution in [3.05, 3.63) is 29.3 Å². The molecule has 114 valence electrons. The molecular formula is C15H22N4O2. The van der Waals surface area contributed by atoms with E-state index in [2.05, 4.69) is 17.3 Å². The summed E-state index contributed by atoms with van der Waals surface area (Å²) in [5.41, 5.74) is 11.8. The number of likely N-dealkylation sites (tertiary alicyclic amines) is 1. The van der Waals surface area contributed by atoms with Crippen molar-refractivity contribution in [3.63, 3.8) is 0 Å². The third kappa shape index (κ3) is 3.95. The van der Waals surface area contributed by atoms with Crippen LogP contribution < -0.4 is 16.8 Å². The van der Waals surface area contributed by atoms with Crippen LogP contribution >= 0.6 is 0 Å². The van der Waals surface area contributed by atoms with Gasteiger partial charge in [-0.1, -0.05) is 6.42 Å². The van der Waals surface area contributed by atoms with Crippen molar-refractivity contribution >= 4 is 17.5 Å². The van der Waals surface area contributed by atoms with Gasteiger partial charge in [0, 0.05) is 29.4 Å². The Bertz CT molecular complexity index is 512. The minimum absolute atomic E-state index is 0.283.